The molecule has 24 N–H and O–H groups in total. The molecule has 432 valence electrons. The Morgan fingerprint density at radius 3 is 1.18 bits per heavy atom. The van der Waals surface area contributed by atoms with Crippen molar-refractivity contribution in [1.82, 2.24) is 58.5 Å². The van der Waals surface area contributed by atoms with Gasteiger partial charge in [-0.1, -0.05) is 13.8 Å². The molecule has 0 saturated heterocycles. The lowest BCUT2D eigenvalue weighted by Gasteiger charge is -2.25. The topological polar surface area (TPSA) is 540 Å². The molecule has 0 saturated carbocycles. The number of aliphatic hydroxyl groups excluding tert-OH is 2. The first-order valence-corrected chi connectivity index (χ1v) is 24.7. The van der Waals surface area contributed by atoms with Crippen LogP contribution in [0.1, 0.15) is 91.9 Å². The number of aliphatic hydroxyl groups is 2. The second-order valence-corrected chi connectivity index (χ2v) is 17.4. The molecule has 76 heavy (non-hydrogen) atoms. The molecular formula is C44H81N17O15. The molecule has 0 aliphatic carbocycles. The van der Waals surface area contributed by atoms with Crippen LogP contribution in [0.15, 0.2) is 4.99 Å². The minimum atomic E-state index is -1.54. The Morgan fingerprint density at radius 2 is 0.829 bits per heavy atom. The molecule has 0 aromatic heterocycles. The van der Waals surface area contributed by atoms with E-state index in [0.717, 1.165) is 0 Å². The van der Waals surface area contributed by atoms with Gasteiger partial charge < -0.3 is 102 Å². The van der Waals surface area contributed by atoms with Crippen LogP contribution in [-0.4, -0.2) is 199 Å². The molecule has 0 heterocycles. The molecule has 2 unspecified atom stereocenters. The number of carbonyl (C=O) groups excluding carboxylic acids is 11. The summed E-state index contributed by atoms with van der Waals surface area (Å²) >= 11 is 0. The predicted octanol–water partition coefficient (Wildman–Crippen LogP) is -9.22. The summed E-state index contributed by atoms with van der Waals surface area (Å²) in [5.74, 6) is -11.2. The summed E-state index contributed by atoms with van der Waals surface area (Å²) in [7, 11) is 1.45. The fourth-order valence-electron chi connectivity index (χ4n) is 6.89. The number of nitrogens with zero attached hydrogens (tertiary/aromatic N) is 1. The van der Waals surface area contributed by atoms with Gasteiger partial charge in [-0.15, -0.1) is 0 Å². The highest BCUT2D eigenvalue weighted by atomic mass is 16.4. The molecule has 0 aliphatic heterocycles. The second-order valence-electron chi connectivity index (χ2n) is 17.4. The lowest BCUT2D eigenvalue weighted by molar-refractivity contribution is -0.138. The number of carbonyl (C=O) groups is 12. The SMILES string of the molecule is CC[C@H](NC(=O)C(NC)[C@@H](C)O)C(=O)N[C@@H](CCCN=C(N)N)C(=O)NCC(=O)N[C@@H](CCCN)C(=O)NCC(=O)N[C@@H](CCCN)C(=O)NCC(=O)N[C@@H](CCC(=O)O)C(=O)N[C@@H](CC)C(=O)NC(C(N)=O)[C@@H](C)O. The number of primary amides is 1. The van der Waals surface area contributed by atoms with Gasteiger partial charge in [0.05, 0.1) is 31.8 Å². The van der Waals surface area contributed by atoms with E-state index in [-0.39, 0.29) is 77.0 Å². The van der Waals surface area contributed by atoms with Gasteiger partial charge in [-0.3, -0.25) is 62.5 Å². The van der Waals surface area contributed by atoms with Gasteiger partial charge in [0.25, 0.3) is 0 Å². The largest absolute Gasteiger partial charge is 0.481 e. The Hall–Kier alpha value is -7.29. The number of aliphatic carboxylic acids is 1. The Balaban J connectivity index is 5.80. The van der Waals surface area contributed by atoms with E-state index in [9.17, 15) is 72.9 Å². The van der Waals surface area contributed by atoms with Gasteiger partial charge in [0.15, 0.2) is 5.96 Å². The van der Waals surface area contributed by atoms with E-state index in [2.05, 4.69) is 63.5 Å². The first-order valence-electron chi connectivity index (χ1n) is 24.7. The number of nitrogens with two attached hydrogens (primary N) is 5. The quantitative estimate of drug-likeness (QED) is 0.0154. The lowest BCUT2D eigenvalue weighted by Crippen LogP contribution is -2.58. The summed E-state index contributed by atoms with van der Waals surface area (Å²) in [6.07, 6.45) is -2.93. The number of hydrogen-bond acceptors (Lipinski definition) is 18. The molecule has 11 amide bonds. The van der Waals surface area contributed by atoms with Crippen LogP contribution in [-0.2, 0) is 57.5 Å². The van der Waals surface area contributed by atoms with Gasteiger partial charge >= 0.3 is 5.97 Å². The van der Waals surface area contributed by atoms with Crippen molar-refractivity contribution >= 4 is 76.9 Å². The van der Waals surface area contributed by atoms with Gasteiger partial charge in [0.1, 0.15) is 48.3 Å². The zero-order valence-corrected chi connectivity index (χ0v) is 43.7. The van der Waals surface area contributed by atoms with Gasteiger partial charge in [-0.05, 0) is 91.8 Å². The Bertz CT molecular complexity index is 1990. The Kier molecular flexibility index (Phi) is 33.9. The molecule has 10 atom stereocenters. The van der Waals surface area contributed by atoms with Crippen molar-refractivity contribution in [2.24, 2.45) is 33.7 Å². The van der Waals surface area contributed by atoms with E-state index in [1.54, 1.807) is 6.92 Å². The number of rotatable bonds is 39. The summed E-state index contributed by atoms with van der Waals surface area (Å²) in [6.45, 7) is 3.76. The molecule has 32 nitrogen and oxygen atoms in total. The van der Waals surface area contributed by atoms with Crippen molar-refractivity contribution in [1.29, 1.82) is 0 Å². The highest BCUT2D eigenvalue weighted by Gasteiger charge is 2.32. The Morgan fingerprint density at radius 1 is 0.474 bits per heavy atom. The maximum absolute atomic E-state index is 13.4. The molecule has 32 heteroatoms. The van der Waals surface area contributed by atoms with Crippen LogP contribution in [0, 0.1) is 0 Å². The molecule has 0 bridgehead atoms. The van der Waals surface area contributed by atoms with Crippen molar-refractivity contribution in [2.45, 2.75) is 152 Å². The van der Waals surface area contributed by atoms with Crippen LogP contribution in [0.5, 0.6) is 0 Å². The van der Waals surface area contributed by atoms with Gasteiger partial charge in [0, 0.05) is 13.0 Å². The van der Waals surface area contributed by atoms with Gasteiger partial charge in [-0.25, -0.2) is 0 Å². The average Bonchev–Trinajstić information content (AvgIpc) is 3.35. The maximum atomic E-state index is 13.4. The molecule has 0 aromatic carbocycles. The number of amides is 11. The van der Waals surface area contributed by atoms with Gasteiger partial charge in [0.2, 0.25) is 65.0 Å². The molecule has 0 spiro atoms. The van der Waals surface area contributed by atoms with E-state index >= 15 is 0 Å². The smallest absolute Gasteiger partial charge is 0.303 e. The van der Waals surface area contributed by atoms with E-state index in [1.807, 2.05) is 0 Å². The molecule has 0 fully saturated rings. The molecule has 0 aromatic rings. The summed E-state index contributed by atoms with van der Waals surface area (Å²) in [5.41, 5.74) is 27.3. The van der Waals surface area contributed by atoms with Gasteiger partial charge in [-0.2, -0.15) is 0 Å². The lowest BCUT2D eigenvalue weighted by atomic mass is 10.1. The molecule has 0 radical (unpaired) electrons. The van der Waals surface area contributed by atoms with Crippen LogP contribution < -0.4 is 87.2 Å². The minimum Gasteiger partial charge on any atom is -0.481 e. The molecule has 0 aliphatic rings. The number of aliphatic imine (C=N–C) groups is 1. The molecule has 0 rings (SSSR count). The van der Waals surface area contributed by atoms with Crippen molar-refractivity contribution in [3.8, 4) is 0 Å². The fourth-order valence-corrected chi connectivity index (χ4v) is 6.89. The number of guanidine groups is 1. The third kappa shape index (κ3) is 27.8. The van der Waals surface area contributed by atoms with E-state index in [1.165, 1.54) is 27.8 Å². The molecular weight excluding hydrogens is 1010 g/mol. The number of carboxylic acids is 1. The summed E-state index contributed by atoms with van der Waals surface area (Å²) in [6, 6.07) is -10.4. The van der Waals surface area contributed by atoms with Crippen molar-refractivity contribution in [3.05, 3.63) is 0 Å². The number of carboxylic acid groups (broad SMARTS) is 1. The third-order valence-electron chi connectivity index (χ3n) is 11.1. The second kappa shape index (κ2) is 37.4. The fraction of sp³-hybridized carbons (Fsp3) is 0.705. The third-order valence-corrected chi connectivity index (χ3v) is 11.1. The highest BCUT2D eigenvalue weighted by Crippen LogP contribution is 2.06. The Labute approximate surface area is 439 Å². The minimum absolute atomic E-state index is 0.0149. The van der Waals surface area contributed by atoms with Crippen molar-refractivity contribution in [3.63, 3.8) is 0 Å². The highest BCUT2D eigenvalue weighted by molar-refractivity contribution is 5.97. The summed E-state index contributed by atoms with van der Waals surface area (Å²) in [4.78, 5) is 158. The number of hydrogen-bond donors (Lipinski definition) is 19. The van der Waals surface area contributed by atoms with Crippen LogP contribution in [0.4, 0.5) is 0 Å². The van der Waals surface area contributed by atoms with Crippen LogP contribution in [0.3, 0.4) is 0 Å². The normalized spacial score (nSPS) is 14.8. The number of likely N-dealkylation sites (N-methyl/N-ethyl adjacent to an activating group) is 1. The maximum Gasteiger partial charge on any atom is 0.303 e. The zero-order valence-electron chi connectivity index (χ0n) is 43.7. The summed E-state index contributed by atoms with van der Waals surface area (Å²) in [5, 5.41) is 55.5. The van der Waals surface area contributed by atoms with Crippen molar-refractivity contribution < 1.29 is 72.9 Å². The van der Waals surface area contributed by atoms with Crippen LogP contribution in [0.2, 0.25) is 0 Å². The first-order chi connectivity index (χ1) is 35.8. The van der Waals surface area contributed by atoms with E-state index < -0.39 is 164 Å². The summed E-state index contributed by atoms with van der Waals surface area (Å²) < 4.78 is 0. The first kappa shape index (κ1) is 68.7. The van der Waals surface area contributed by atoms with Crippen LogP contribution in [0.25, 0.3) is 0 Å². The monoisotopic (exact) mass is 1090 g/mol. The number of nitrogens with one attached hydrogen (secondary N) is 11. The van der Waals surface area contributed by atoms with Crippen molar-refractivity contribution in [2.75, 3.05) is 46.3 Å². The predicted molar refractivity (Wildman–Crippen MR) is 272 cm³/mol. The van der Waals surface area contributed by atoms with Crippen LogP contribution >= 0.6 is 0 Å². The zero-order chi connectivity index (χ0) is 58.1. The average molecular weight is 1090 g/mol. The van der Waals surface area contributed by atoms with E-state index in [4.69, 9.17) is 28.7 Å². The standard InChI is InChI=1S/C44H81N17O15/c1-6-24(59-43(76)35(50-5)23(4)63)40(73)60-28(13-10-18-51-44(48)49)39(72)54-20-31(65)56-26(11-8-16-45)37(70)52-19-30(64)55-27(12-9-17-46)38(71)53-21-32(66)57-29(14-15-33(67)68)42(75)58-25(7-2)41(74)61-34(22(3)62)36(47)69/h22-29,34-35,50,62-63H,6-21,45-46H2,1-5H3,(H2,47,69)(H,52,70)(H,53,71)(H,54,72)(H,55,64)(H,56,65)(H,57,66)(H,58,75)(H,59,76)(H,60,73)(H,61,74)(H,67,68)(H4,48,49,51)/t22-,23-,24+,25+,26+,27+,28+,29+,34?,35?/m1/s1. The van der Waals surface area contributed by atoms with E-state index in [0.29, 0.717) is 0 Å².